The third-order valence-corrected chi connectivity index (χ3v) is 3.42. The van der Waals surface area contributed by atoms with Crippen molar-refractivity contribution in [2.75, 3.05) is 5.32 Å². The lowest BCUT2D eigenvalue weighted by atomic mass is 10.1. The normalized spacial score (nSPS) is 10.5. The van der Waals surface area contributed by atoms with Crippen LogP contribution in [0.15, 0.2) is 67.0 Å². The molecule has 1 amide bonds. The van der Waals surface area contributed by atoms with Crippen molar-refractivity contribution in [3.8, 4) is 0 Å². The monoisotopic (exact) mass is 276 g/mol. The summed E-state index contributed by atoms with van der Waals surface area (Å²) in [4.78, 5) is 16.0. The van der Waals surface area contributed by atoms with E-state index >= 15 is 0 Å². The Morgan fingerprint density at radius 3 is 2.52 bits per heavy atom. The molecule has 3 heteroatoms. The fraction of sp³-hybridized carbons (Fsp3) is 0.111. The minimum atomic E-state index is 0.0297. The average Bonchev–Trinajstić information content (AvgIpc) is 2.54. The van der Waals surface area contributed by atoms with Crippen molar-refractivity contribution >= 4 is 22.4 Å². The molecule has 3 rings (SSSR count). The predicted octanol–water partition coefficient (Wildman–Crippen LogP) is 3.81. The Morgan fingerprint density at radius 2 is 1.71 bits per heavy atom. The number of hydrogen-bond acceptors (Lipinski definition) is 2. The molecule has 1 N–H and O–H groups in total. The van der Waals surface area contributed by atoms with Gasteiger partial charge in [-0.2, -0.15) is 0 Å². The Balaban J connectivity index is 1.63. The van der Waals surface area contributed by atoms with Crippen LogP contribution in [0.25, 0.3) is 10.8 Å². The molecule has 0 atom stereocenters. The lowest BCUT2D eigenvalue weighted by Crippen LogP contribution is -2.12. The van der Waals surface area contributed by atoms with Crippen LogP contribution in [0.3, 0.4) is 0 Å². The van der Waals surface area contributed by atoms with Gasteiger partial charge in [-0.25, -0.2) is 0 Å². The first-order valence-electron chi connectivity index (χ1n) is 6.99. The van der Waals surface area contributed by atoms with Crippen LogP contribution in [0.4, 0.5) is 5.69 Å². The fourth-order valence-corrected chi connectivity index (χ4v) is 2.30. The van der Waals surface area contributed by atoms with E-state index in [0.29, 0.717) is 6.42 Å². The van der Waals surface area contributed by atoms with Crippen LogP contribution in [0.2, 0.25) is 0 Å². The number of aryl methyl sites for hydroxylation is 1. The molecule has 104 valence electrons. The van der Waals surface area contributed by atoms with E-state index in [9.17, 15) is 4.79 Å². The van der Waals surface area contributed by atoms with Gasteiger partial charge in [0.25, 0.3) is 0 Å². The van der Waals surface area contributed by atoms with Gasteiger partial charge in [-0.05, 0) is 47.0 Å². The van der Waals surface area contributed by atoms with E-state index in [1.807, 2.05) is 48.5 Å². The van der Waals surface area contributed by atoms with E-state index in [-0.39, 0.29) is 5.91 Å². The Bertz CT molecular complexity index is 753. The second-order valence-electron chi connectivity index (χ2n) is 4.97. The standard InChI is InChI=1S/C18H16N2O/c21-18(8-5-14-9-11-19-12-10-14)20-17-7-6-15-3-1-2-4-16(15)13-17/h1-4,6-7,9-13H,5,8H2,(H,20,21). The maximum Gasteiger partial charge on any atom is 0.224 e. The van der Waals surface area contributed by atoms with E-state index in [0.717, 1.165) is 23.1 Å². The molecule has 0 aliphatic carbocycles. The highest BCUT2D eigenvalue weighted by Gasteiger charge is 2.04. The molecule has 3 nitrogen and oxygen atoms in total. The van der Waals surface area contributed by atoms with Crippen LogP contribution >= 0.6 is 0 Å². The minimum absolute atomic E-state index is 0.0297. The van der Waals surface area contributed by atoms with Gasteiger partial charge in [0.05, 0.1) is 0 Å². The number of nitrogens with one attached hydrogen (secondary N) is 1. The molecule has 0 saturated carbocycles. The number of rotatable bonds is 4. The van der Waals surface area contributed by atoms with Gasteiger partial charge in [-0.15, -0.1) is 0 Å². The molecule has 0 aliphatic rings. The van der Waals surface area contributed by atoms with Gasteiger partial charge >= 0.3 is 0 Å². The lowest BCUT2D eigenvalue weighted by Gasteiger charge is -2.06. The molecular formula is C18H16N2O. The van der Waals surface area contributed by atoms with Crippen molar-refractivity contribution in [1.82, 2.24) is 4.98 Å². The van der Waals surface area contributed by atoms with Gasteiger partial charge < -0.3 is 5.32 Å². The summed E-state index contributed by atoms with van der Waals surface area (Å²) in [7, 11) is 0. The van der Waals surface area contributed by atoms with Gasteiger partial charge in [-0.3, -0.25) is 9.78 Å². The molecule has 0 fully saturated rings. The Hall–Kier alpha value is -2.68. The highest BCUT2D eigenvalue weighted by Crippen LogP contribution is 2.19. The molecule has 0 bridgehead atoms. The Morgan fingerprint density at radius 1 is 0.952 bits per heavy atom. The Kier molecular flexibility index (Phi) is 3.92. The maximum atomic E-state index is 12.0. The molecule has 0 spiro atoms. The number of pyridine rings is 1. The van der Waals surface area contributed by atoms with Crippen molar-refractivity contribution in [2.45, 2.75) is 12.8 Å². The molecule has 0 aliphatic heterocycles. The molecule has 1 aromatic heterocycles. The number of hydrogen-bond donors (Lipinski definition) is 1. The third-order valence-electron chi connectivity index (χ3n) is 3.42. The van der Waals surface area contributed by atoms with Gasteiger partial charge in [-0.1, -0.05) is 30.3 Å². The third kappa shape index (κ3) is 3.45. The number of aromatic nitrogens is 1. The van der Waals surface area contributed by atoms with Crippen LogP contribution in [0, 0.1) is 0 Å². The predicted molar refractivity (Wildman–Crippen MR) is 85.1 cm³/mol. The number of benzene rings is 2. The summed E-state index contributed by atoms with van der Waals surface area (Å²) in [5.41, 5.74) is 1.96. The Labute approximate surface area is 123 Å². The number of anilines is 1. The van der Waals surface area contributed by atoms with Gasteiger partial charge in [0.1, 0.15) is 0 Å². The summed E-state index contributed by atoms with van der Waals surface area (Å²) in [6.45, 7) is 0. The minimum Gasteiger partial charge on any atom is -0.326 e. The van der Waals surface area contributed by atoms with Crippen LogP contribution < -0.4 is 5.32 Å². The maximum absolute atomic E-state index is 12.0. The summed E-state index contributed by atoms with van der Waals surface area (Å²) in [5.74, 6) is 0.0297. The van der Waals surface area contributed by atoms with E-state index in [1.165, 1.54) is 5.39 Å². The summed E-state index contributed by atoms with van der Waals surface area (Å²) in [5, 5.41) is 5.25. The molecule has 3 aromatic rings. The van der Waals surface area contributed by atoms with Gasteiger partial charge in [0.15, 0.2) is 0 Å². The number of fused-ring (bicyclic) bond motifs is 1. The number of nitrogens with zero attached hydrogens (tertiary/aromatic N) is 1. The summed E-state index contributed by atoms with van der Waals surface area (Å²) in [6, 6.07) is 17.9. The SMILES string of the molecule is O=C(CCc1ccncc1)Nc1ccc2ccccc2c1. The first kappa shape index (κ1) is 13.3. The number of carbonyl (C=O) groups is 1. The van der Waals surface area contributed by atoms with Crippen molar-refractivity contribution in [3.05, 3.63) is 72.6 Å². The first-order chi connectivity index (χ1) is 10.3. The van der Waals surface area contributed by atoms with Crippen molar-refractivity contribution in [2.24, 2.45) is 0 Å². The lowest BCUT2D eigenvalue weighted by molar-refractivity contribution is -0.116. The van der Waals surface area contributed by atoms with Crippen molar-refractivity contribution < 1.29 is 4.79 Å². The van der Waals surface area contributed by atoms with E-state index in [1.54, 1.807) is 12.4 Å². The molecule has 21 heavy (non-hydrogen) atoms. The smallest absolute Gasteiger partial charge is 0.224 e. The topological polar surface area (TPSA) is 42.0 Å². The quantitative estimate of drug-likeness (QED) is 0.787. The zero-order valence-electron chi connectivity index (χ0n) is 11.6. The second kappa shape index (κ2) is 6.18. The summed E-state index contributed by atoms with van der Waals surface area (Å²) < 4.78 is 0. The van der Waals surface area contributed by atoms with Crippen molar-refractivity contribution in [3.63, 3.8) is 0 Å². The zero-order chi connectivity index (χ0) is 14.5. The summed E-state index contributed by atoms with van der Waals surface area (Å²) in [6.07, 6.45) is 4.69. The highest BCUT2D eigenvalue weighted by molar-refractivity contribution is 5.94. The number of carbonyl (C=O) groups excluding carboxylic acids is 1. The zero-order valence-corrected chi connectivity index (χ0v) is 11.6. The number of amides is 1. The van der Waals surface area contributed by atoms with E-state index < -0.39 is 0 Å². The highest BCUT2D eigenvalue weighted by atomic mass is 16.1. The largest absolute Gasteiger partial charge is 0.326 e. The van der Waals surface area contributed by atoms with Crippen LogP contribution in [0.1, 0.15) is 12.0 Å². The summed E-state index contributed by atoms with van der Waals surface area (Å²) >= 11 is 0. The first-order valence-corrected chi connectivity index (χ1v) is 6.99. The molecule has 0 unspecified atom stereocenters. The molecule has 2 aromatic carbocycles. The molecular weight excluding hydrogens is 260 g/mol. The van der Waals surface area contributed by atoms with E-state index in [2.05, 4.69) is 16.4 Å². The molecule has 0 radical (unpaired) electrons. The van der Waals surface area contributed by atoms with Crippen LogP contribution in [-0.4, -0.2) is 10.9 Å². The fourth-order valence-electron chi connectivity index (χ4n) is 2.30. The van der Waals surface area contributed by atoms with Crippen molar-refractivity contribution in [1.29, 1.82) is 0 Å². The van der Waals surface area contributed by atoms with Crippen LogP contribution in [-0.2, 0) is 11.2 Å². The van der Waals surface area contributed by atoms with Gasteiger partial charge in [0, 0.05) is 24.5 Å². The van der Waals surface area contributed by atoms with E-state index in [4.69, 9.17) is 0 Å². The average molecular weight is 276 g/mol. The van der Waals surface area contributed by atoms with Gasteiger partial charge in [0.2, 0.25) is 5.91 Å². The van der Waals surface area contributed by atoms with Crippen LogP contribution in [0.5, 0.6) is 0 Å². The second-order valence-corrected chi connectivity index (χ2v) is 4.97. The molecule has 0 saturated heterocycles. The molecule has 1 heterocycles.